The van der Waals surface area contributed by atoms with Gasteiger partial charge in [-0.2, -0.15) is 0 Å². The largest absolute Gasteiger partial charge is 0.306 e. The van der Waals surface area contributed by atoms with Gasteiger partial charge in [0.05, 0.1) is 0 Å². The summed E-state index contributed by atoms with van der Waals surface area (Å²) < 4.78 is 0. The minimum Gasteiger partial charge on any atom is -0.306 e. The molecule has 1 fully saturated rings. The molecule has 1 aliphatic rings. The highest BCUT2D eigenvalue weighted by atomic mass is 35.5. The van der Waals surface area contributed by atoms with Gasteiger partial charge < -0.3 is 4.90 Å². The molecular formula is C13H18ClN. The standard InChI is InChI=1S/C13H18ClN/c1-10-9-15(2)8-7-13(10)11-3-5-12(14)6-4-11/h3-6,10,13H,7-9H2,1-2H3. The molecule has 0 saturated carbocycles. The van der Waals surface area contributed by atoms with Gasteiger partial charge in [-0.05, 0) is 49.5 Å². The fourth-order valence-corrected chi connectivity index (χ4v) is 2.69. The summed E-state index contributed by atoms with van der Waals surface area (Å²) in [5.74, 6) is 1.45. The van der Waals surface area contributed by atoms with Crippen molar-refractivity contribution < 1.29 is 0 Å². The first-order valence-electron chi connectivity index (χ1n) is 5.61. The van der Waals surface area contributed by atoms with Gasteiger partial charge >= 0.3 is 0 Å². The molecule has 0 aromatic heterocycles. The summed E-state index contributed by atoms with van der Waals surface area (Å²) in [5.41, 5.74) is 1.44. The number of piperidine rings is 1. The number of hydrogen-bond donors (Lipinski definition) is 0. The molecule has 2 unspecified atom stereocenters. The predicted octanol–water partition coefficient (Wildman–Crippen LogP) is 3.40. The van der Waals surface area contributed by atoms with E-state index in [1.165, 1.54) is 25.1 Å². The fourth-order valence-electron chi connectivity index (χ4n) is 2.56. The van der Waals surface area contributed by atoms with E-state index in [1.54, 1.807) is 0 Å². The molecule has 15 heavy (non-hydrogen) atoms. The first kappa shape index (κ1) is 11.0. The molecule has 1 aromatic carbocycles. The lowest BCUT2D eigenvalue weighted by Crippen LogP contribution is -2.35. The minimum absolute atomic E-state index is 0.707. The molecule has 1 aromatic rings. The maximum absolute atomic E-state index is 5.90. The van der Waals surface area contributed by atoms with Gasteiger partial charge in [-0.1, -0.05) is 30.7 Å². The van der Waals surface area contributed by atoms with Crippen LogP contribution in [0.2, 0.25) is 5.02 Å². The summed E-state index contributed by atoms with van der Waals surface area (Å²) in [6, 6.07) is 8.35. The number of hydrogen-bond acceptors (Lipinski definition) is 1. The highest BCUT2D eigenvalue weighted by molar-refractivity contribution is 6.30. The molecule has 1 nitrogen and oxygen atoms in total. The zero-order valence-corrected chi connectivity index (χ0v) is 10.2. The van der Waals surface area contributed by atoms with Crippen LogP contribution in [0, 0.1) is 5.92 Å². The Balaban J connectivity index is 2.13. The summed E-state index contributed by atoms with van der Waals surface area (Å²) in [6.45, 7) is 4.75. The van der Waals surface area contributed by atoms with E-state index in [0.717, 1.165) is 10.9 Å². The number of likely N-dealkylation sites (tertiary alicyclic amines) is 1. The first-order chi connectivity index (χ1) is 7.16. The topological polar surface area (TPSA) is 3.24 Å². The van der Waals surface area contributed by atoms with Crippen LogP contribution in [0.1, 0.15) is 24.8 Å². The van der Waals surface area contributed by atoms with E-state index in [0.29, 0.717) is 5.92 Å². The molecule has 0 bridgehead atoms. The monoisotopic (exact) mass is 223 g/mol. The Morgan fingerprint density at radius 3 is 2.53 bits per heavy atom. The molecule has 0 amide bonds. The van der Waals surface area contributed by atoms with Gasteiger partial charge in [0.25, 0.3) is 0 Å². The second-order valence-corrected chi connectivity index (χ2v) is 5.12. The summed E-state index contributed by atoms with van der Waals surface area (Å²) in [6.07, 6.45) is 1.26. The van der Waals surface area contributed by atoms with Gasteiger partial charge in [0.1, 0.15) is 0 Å². The molecule has 0 N–H and O–H groups in total. The van der Waals surface area contributed by atoms with E-state index in [-0.39, 0.29) is 0 Å². The van der Waals surface area contributed by atoms with E-state index in [2.05, 4.69) is 31.0 Å². The second-order valence-electron chi connectivity index (χ2n) is 4.69. The van der Waals surface area contributed by atoms with Gasteiger partial charge in [-0.15, -0.1) is 0 Å². The molecule has 82 valence electrons. The summed E-state index contributed by atoms with van der Waals surface area (Å²) in [4.78, 5) is 2.41. The molecule has 0 aliphatic carbocycles. The van der Waals surface area contributed by atoms with E-state index < -0.39 is 0 Å². The van der Waals surface area contributed by atoms with Crippen LogP contribution in [0.4, 0.5) is 0 Å². The van der Waals surface area contributed by atoms with Crippen LogP contribution in [0.15, 0.2) is 24.3 Å². The first-order valence-corrected chi connectivity index (χ1v) is 5.98. The zero-order chi connectivity index (χ0) is 10.8. The van der Waals surface area contributed by atoms with Crippen molar-refractivity contribution in [2.45, 2.75) is 19.3 Å². The van der Waals surface area contributed by atoms with E-state index in [4.69, 9.17) is 11.6 Å². The van der Waals surface area contributed by atoms with E-state index >= 15 is 0 Å². The molecular weight excluding hydrogens is 206 g/mol. The zero-order valence-electron chi connectivity index (χ0n) is 9.41. The molecule has 0 radical (unpaired) electrons. The van der Waals surface area contributed by atoms with Gasteiger partial charge in [0.15, 0.2) is 0 Å². The summed E-state index contributed by atoms with van der Waals surface area (Å²) in [7, 11) is 2.20. The normalized spacial score (nSPS) is 27.9. The van der Waals surface area contributed by atoms with Crippen molar-refractivity contribution in [2.24, 2.45) is 5.92 Å². The molecule has 2 atom stereocenters. The van der Waals surface area contributed by atoms with Crippen molar-refractivity contribution in [3.8, 4) is 0 Å². The predicted molar refractivity (Wildman–Crippen MR) is 65.5 cm³/mol. The highest BCUT2D eigenvalue weighted by Gasteiger charge is 2.25. The van der Waals surface area contributed by atoms with Crippen LogP contribution < -0.4 is 0 Å². The Bertz CT molecular complexity index is 320. The van der Waals surface area contributed by atoms with Crippen LogP contribution in [-0.2, 0) is 0 Å². The maximum Gasteiger partial charge on any atom is 0.0406 e. The Morgan fingerprint density at radius 1 is 1.27 bits per heavy atom. The van der Waals surface area contributed by atoms with Crippen molar-refractivity contribution in [2.75, 3.05) is 20.1 Å². The van der Waals surface area contributed by atoms with E-state index in [9.17, 15) is 0 Å². The van der Waals surface area contributed by atoms with Crippen molar-refractivity contribution >= 4 is 11.6 Å². The van der Waals surface area contributed by atoms with Gasteiger partial charge in [0.2, 0.25) is 0 Å². The minimum atomic E-state index is 0.707. The highest BCUT2D eigenvalue weighted by Crippen LogP contribution is 2.32. The molecule has 2 heteroatoms. The number of halogens is 1. The summed E-state index contributed by atoms with van der Waals surface area (Å²) in [5, 5.41) is 0.833. The molecule has 1 heterocycles. The average molecular weight is 224 g/mol. The SMILES string of the molecule is CC1CN(C)CCC1c1ccc(Cl)cc1. The lowest BCUT2D eigenvalue weighted by atomic mass is 9.82. The lowest BCUT2D eigenvalue weighted by molar-refractivity contribution is 0.195. The number of rotatable bonds is 1. The van der Waals surface area contributed by atoms with Gasteiger partial charge in [-0.3, -0.25) is 0 Å². The van der Waals surface area contributed by atoms with Crippen molar-refractivity contribution in [3.05, 3.63) is 34.9 Å². The Kier molecular flexibility index (Phi) is 3.32. The molecule has 2 rings (SSSR count). The average Bonchev–Trinajstić information content (AvgIpc) is 2.20. The summed E-state index contributed by atoms with van der Waals surface area (Å²) >= 11 is 5.90. The van der Waals surface area contributed by atoms with Gasteiger partial charge in [-0.25, -0.2) is 0 Å². The second kappa shape index (κ2) is 4.54. The lowest BCUT2D eigenvalue weighted by Gasteiger charge is -2.35. The van der Waals surface area contributed by atoms with Crippen LogP contribution in [0.3, 0.4) is 0 Å². The third kappa shape index (κ3) is 2.53. The number of benzene rings is 1. The van der Waals surface area contributed by atoms with Crippen molar-refractivity contribution in [3.63, 3.8) is 0 Å². The van der Waals surface area contributed by atoms with Crippen LogP contribution in [0.5, 0.6) is 0 Å². The smallest absolute Gasteiger partial charge is 0.0406 e. The van der Waals surface area contributed by atoms with Gasteiger partial charge in [0, 0.05) is 11.6 Å². The van der Waals surface area contributed by atoms with Crippen molar-refractivity contribution in [1.82, 2.24) is 4.90 Å². The Morgan fingerprint density at radius 2 is 1.93 bits per heavy atom. The van der Waals surface area contributed by atoms with E-state index in [1.807, 2.05) is 12.1 Å². The third-order valence-electron chi connectivity index (χ3n) is 3.41. The van der Waals surface area contributed by atoms with Crippen LogP contribution >= 0.6 is 11.6 Å². The quantitative estimate of drug-likeness (QED) is 0.706. The maximum atomic E-state index is 5.90. The molecule has 0 spiro atoms. The van der Waals surface area contributed by atoms with Crippen molar-refractivity contribution in [1.29, 1.82) is 0 Å². The molecule has 1 aliphatic heterocycles. The Labute approximate surface area is 97.0 Å². The molecule has 1 saturated heterocycles. The van der Waals surface area contributed by atoms with Crippen LogP contribution in [-0.4, -0.2) is 25.0 Å². The Hall–Kier alpha value is -0.530. The third-order valence-corrected chi connectivity index (χ3v) is 3.66. The van der Waals surface area contributed by atoms with Crippen LogP contribution in [0.25, 0.3) is 0 Å². The number of nitrogens with zero attached hydrogens (tertiary/aromatic N) is 1. The fraction of sp³-hybridized carbons (Fsp3) is 0.538.